The largest absolute Gasteiger partial charge is 0.496 e. The molecule has 34 heavy (non-hydrogen) atoms. The smallest absolute Gasteiger partial charge is 0.251 e. The maximum atomic E-state index is 13.3. The summed E-state index contributed by atoms with van der Waals surface area (Å²) in [5.41, 5.74) is 3.37. The van der Waals surface area contributed by atoms with Crippen LogP contribution in [0.15, 0.2) is 36.4 Å². The van der Waals surface area contributed by atoms with Gasteiger partial charge in [-0.2, -0.15) is 5.26 Å². The summed E-state index contributed by atoms with van der Waals surface area (Å²) in [6.07, 6.45) is 4.29. The third kappa shape index (κ3) is 7.08. The van der Waals surface area contributed by atoms with Gasteiger partial charge in [0.2, 0.25) is 5.91 Å². The van der Waals surface area contributed by atoms with Crippen LogP contribution in [-0.4, -0.2) is 26.0 Å². The molecule has 2 aromatic carbocycles. The summed E-state index contributed by atoms with van der Waals surface area (Å²) in [4.78, 5) is 25.5. The molecule has 2 rings (SSSR count). The molecule has 2 amide bonds. The van der Waals surface area contributed by atoms with Crippen molar-refractivity contribution in [3.63, 3.8) is 0 Å². The lowest BCUT2D eigenvalue weighted by atomic mass is 9.84. The summed E-state index contributed by atoms with van der Waals surface area (Å²) in [5.74, 6) is 0.267. The second kappa shape index (κ2) is 12.2. The summed E-state index contributed by atoms with van der Waals surface area (Å²) in [7, 11) is 3.17. The van der Waals surface area contributed by atoms with E-state index in [9.17, 15) is 14.9 Å². The number of nitrogens with zero attached hydrogens (tertiary/aromatic N) is 1. The summed E-state index contributed by atoms with van der Waals surface area (Å²) >= 11 is 0. The maximum Gasteiger partial charge on any atom is 0.251 e. The molecule has 0 radical (unpaired) electrons. The van der Waals surface area contributed by atoms with Crippen molar-refractivity contribution >= 4 is 17.5 Å². The van der Waals surface area contributed by atoms with E-state index in [-0.39, 0.29) is 29.6 Å². The second-order valence-corrected chi connectivity index (χ2v) is 9.60. The normalized spacial score (nSPS) is 11.9. The van der Waals surface area contributed by atoms with Crippen molar-refractivity contribution in [1.29, 1.82) is 5.26 Å². The van der Waals surface area contributed by atoms with Crippen molar-refractivity contribution in [3.8, 4) is 11.8 Å². The average molecular weight is 464 g/mol. The van der Waals surface area contributed by atoms with Gasteiger partial charge in [-0.25, -0.2) is 0 Å². The monoisotopic (exact) mass is 463 g/mol. The number of hydrogen-bond acceptors (Lipinski definition) is 4. The Bertz CT molecular complexity index is 1050. The van der Waals surface area contributed by atoms with E-state index in [0.29, 0.717) is 22.6 Å². The van der Waals surface area contributed by atoms with Gasteiger partial charge in [0.25, 0.3) is 5.91 Å². The van der Waals surface area contributed by atoms with Crippen LogP contribution in [0.5, 0.6) is 5.75 Å². The first kappa shape index (κ1) is 26.9. The molecular formula is C28H37N3O3. The molecule has 0 spiro atoms. The number of nitriles is 1. The minimum Gasteiger partial charge on any atom is -0.496 e. The number of carbonyl (C=O) groups excluding carboxylic acids is 2. The summed E-state index contributed by atoms with van der Waals surface area (Å²) < 4.78 is 5.57. The van der Waals surface area contributed by atoms with Gasteiger partial charge >= 0.3 is 0 Å². The highest BCUT2D eigenvalue weighted by atomic mass is 16.5. The summed E-state index contributed by atoms with van der Waals surface area (Å²) in [6.45, 7) is 8.38. The Morgan fingerprint density at radius 3 is 2.44 bits per heavy atom. The Kier molecular flexibility index (Phi) is 9.68. The van der Waals surface area contributed by atoms with Crippen LogP contribution in [0.3, 0.4) is 0 Å². The molecule has 2 aromatic rings. The standard InChI is InChI=1S/C28H37N3O3/c1-7-8-9-10-20(22-13-11-19(18-29)15-25(22)34-6)17-26(32)31-24-16-21(27(33)30-5)12-14-23(24)28(2,3)4/h11-16,20H,7-10,17H2,1-6H3,(H,30,33)(H,31,32). The molecule has 0 aliphatic rings. The van der Waals surface area contributed by atoms with E-state index in [4.69, 9.17) is 4.74 Å². The van der Waals surface area contributed by atoms with Crippen molar-refractivity contribution in [3.05, 3.63) is 58.7 Å². The average Bonchev–Trinajstić information content (AvgIpc) is 2.81. The molecule has 0 aromatic heterocycles. The first-order chi connectivity index (χ1) is 16.1. The zero-order chi connectivity index (χ0) is 25.3. The summed E-state index contributed by atoms with van der Waals surface area (Å²) in [6, 6.07) is 13.0. The Hall–Kier alpha value is -3.33. The number of methoxy groups -OCH3 is 1. The van der Waals surface area contributed by atoms with E-state index < -0.39 is 0 Å². The quantitative estimate of drug-likeness (QED) is 0.428. The molecule has 0 bridgehead atoms. The summed E-state index contributed by atoms with van der Waals surface area (Å²) in [5, 5.41) is 15.0. The molecular weight excluding hydrogens is 426 g/mol. The van der Waals surface area contributed by atoms with Crippen LogP contribution in [0.4, 0.5) is 5.69 Å². The Labute approximate surface area is 203 Å². The molecule has 1 unspecified atom stereocenters. The van der Waals surface area contributed by atoms with Gasteiger partial charge in [0.1, 0.15) is 5.75 Å². The molecule has 182 valence electrons. The van der Waals surface area contributed by atoms with E-state index in [2.05, 4.69) is 44.4 Å². The molecule has 0 heterocycles. The van der Waals surface area contributed by atoms with Gasteiger partial charge in [-0.05, 0) is 53.1 Å². The predicted molar refractivity (Wildman–Crippen MR) is 136 cm³/mol. The number of benzene rings is 2. The van der Waals surface area contributed by atoms with Crippen LogP contribution >= 0.6 is 0 Å². The fraction of sp³-hybridized carbons (Fsp3) is 0.464. The fourth-order valence-electron chi connectivity index (χ4n) is 4.14. The molecule has 2 N–H and O–H groups in total. The minimum atomic E-state index is -0.208. The molecule has 0 saturated heterocycles. The fourth-order valence-corrected chi connectivity index (χ4v) is 4.14. The van der Waals surface area contributed by atoms with E-state index in [0.717, 1.165) is 36.8 Å². The molecule has 6 nitrogen and oxygen atoms in total. The van der Waals surface area contributed by atoms with Crippen molar-refractivity contribution < 1.29 is 14.3 Å². The number of carbonyl (C=O) groups is 2. The molecule has 0 aliphatic heterocycles. The van der Waals surface area contributed by atoms with Crippen LogP contribution < -0.4 is 15.4 Å². The lowest BCUT2D eigenvalue weighted by Gasteiger charge is -2.25. The first-order valence-electron chi connectivity index (χ1n) is 11.9. The van der Waals surface area contributed by atoms with E-state index in [1.807, 2.05) is 12.1 Å². The van der Waals surface area contributed by atoms with E-state index in [1.54, 1.807) is 38.4 Å². The highest BCUT2D eigenvalue weighted by Crippen LogP contribution is 2.35. The maximum absolute atomic E-state index is 13.3. The van der Waals surface area contributed by atoms with Gasteiger partial charge in [0.15, 0.2) is 0 Å². The number of amides is 2. The van der Waals surface area contributed by atoms with Gasteiger partial charge in [-0.3, -0.25) is 9.59 Å². The zero-order valence-corrected chi connectivity index (χ0v) is 21.2. The molecule has 0 aliphatic carbocycles. The van der Waals surface area contributed by atoms with Gasteiger partial charge in [-0.1, -0.05) is 59.1 Å². The molecule has 6 heteroatoms. The Balaban J connectivity index is 2.36. The molecule has 0 fully saturated rings. The number of ether oxygens (including phenoxy) is 1. The molecule has 1 atom stereocenters. The SMILES string of the molecule is CCCCCC(CC(=O)Nc1cc(C(=O)NC)ccc1C(C)(C)C)c1ccc(C#N)cc1OC. The van der Waals surface area contributed by atoms with Gasteiger partial charge in [-0.15, -0.1) is 0 Å². The second-order valence-electron chi connectivity index (χ2n) is 9.60. The third-order valence-corrected chi connectivity index (χ3v) is 5.98. The van der Waals surface area contributed by atoms with E-state index in [1.165, 1.54) is 0 Å². The minimum absolute atomic E-state index is 0.0468. The third-order valence-electron chi connectivity index (χ3n) is 5.98. The number of nitrogens with one attached hydrogen (secondary N) is 2. The highest BCUT2D eigenvalue weighted by Gasteiger charge is 2.24. The lowest BCUT2D eigenvalue weighted by Crippen LogP contribution is -2.23. The van der Waals surface area contributed by atoms with Gasteiger partial charge in [0, 0.05) is 24.7 Å². The molecule has 0 saturated carbocycles. The van der Waals surface area contributed by atoms with Crippen LogP contribution in [0.1, 0.15) is 92.8 Å². The van der Waals surface area contributed by atoms with Crippen molar-refractivity contribution in [2.24, 2.45) is 0 Å². The van der Waals surface area contributed by atoms with Gasteiger partial charge < -0.3 is 15.4 Å². The van der Waals surface area contributed by atoms with Crippen LogP contribution in [0.2, 0.25) is 0 Å². The first-order valence-corrected chi connectivity index (χ1v) is 11.9. The lowest BCUT2D eigenvalue weighted by molar-refractivity contribution is -0.116. The van der Waals surface area contributed by atoms with Gasteiger partial charge in [0.05, 0.1) is 18.7 Å². The number of hydrogen-bond donors (Lipinski definition) is 2. The van der Waals surface area contributed by atoms with Crippen LogP contribution in [0.25, 0.3) is 0 Å². The van der Waals surface area contributed by atoms with E-state index >= 15 is 0 Å². The zero-order valence-electron chi connectivity index (χ0n) is 21.2. The number of unbranched alkanes of at least 4 members (excludes halogenated alkanes) is 2. The van der Waals surface area contributed by atoms with Crippen LogP contribution in [0, 0.1) is 11.3 Å². The van der Waals surface area contributed by atoms with Crippen LogP contribution in [-0.2, 0) is 10.2 Å². The van der Waals surface area contributed by atoms with Crippen molar-refractivity contribution in [2.75, 3.05) is 19.5 Å². The Morgan fingerprint density at radius 2 is 1.85 bits per heavy atom. The Morgan fingerprint density at radius 1 is 1.12 bits per heavy atom. The van der Waals surface area contributed by atoms with Crippen molar-refractivity contribution in [2.45, 2.75) is 71.1 Å². The number of anilines is 1. The highest BCUT2D eigenvalue weighted by molar-refractivity contribution is 5.98. The number of rotatable bonds is 10. The predicted octanol–water partition coefficient (Wildman–Crippen LogP) is 5.92. The topological polar surface area (TPSA) is 91.2 Å². The van der Waals surface area contributed by atoms with Crippen molar-refractivity contribution in [1.82, 2.24) is 5.32 Å².